The van der Waals surface area contributed by atoms with Crippen molar-refractivity contribution < 1.29 is 14.7 Å². The molecule has 1 N–H and O–H groups in total. The van der Waals surface area contributed by atoms with Crippen LogP contribution in [0.2, 0.25) is 0 Å². The van der Waals surface area contributed by atoms with Gasteiger partial charge >= 0.3 is 5.97 Å². The minimum absolute atomic E-state index is 0.00625. The Morgan fingerprint density at radius 1 is 1.37 bits per heavy atom. The first-order valence-corrected chi connectivity index (χ1v) is 5.70. The number of hydrogen-bond donors (Lipinski definition) is 1. The standard InChI is InChI=1S/C13H11N3O3/c14-7-9-1-3-10(4-2-9)8-16-12(17)6-5-11(15-16)13(18)19/h1-4H,5-6,8H2,(H,18,19). The van der Waals surface area contributed by atoms with E-state index in [1.807, 2.05) is 6.07 Å². The third-order valence-electron chi connectivity index (χ3n) is 2.77. The third-order valence-corrected chi connectivity index (χ3v) is 2.77. The summed E-state index contributed by atoms with van der Waals surface area (Å²) in [5, 5.41) is 22.6. The maximum atomic E-state index is 11.7. The summed E-state index contributed by atoms with van der Waals surface area (Å²) >= 11 is 0. The first-order valence-electron chi connectivity index (χ1n) is 5.70. The maximum absolute atomic E-state index is 11.7. The lowest BCUT2D eigenvalue weighted by Crippen LogP contribution is -2.33. The van der Waals surface area contributed by atoms with E-state index in [-0.39, 0.29) is 31.0 Å². The van der Waals surface area contributed by atoms with Gasteiger partial charge in [-0.2, -0.15) is 10.4 Å². The number of nitrogens with zero attached hydrogens (tertiary/aromatic N) is 3. The molecule has 1 heterocycles. The molecule has 6 nitrogen and oxygen atoms in total. The SMILES string of the molecule is N#Cc1ccc(CN2N=C(C(=O)O)CCC2=O)cc1. The van der Waals surface area contributed by atoms with Crippen LogP contribution in [0.4, 0.5) is 0 Å². The van der Waals surface area contributed by atoms with Crippen LogP contribution in [-0.4, -0.2) is 27.7 Å². The van der Waals surface area contributed by atoms with E-state index in [9.17, 15) is 9.59 Å². The molecule has 0 saturated carbocycles. The van der Waals surface area contributed by atoms with Gasteiger partial charge in [-0.15, -0.1) is 0 Å². The zero-order valence-corrected chi connectivity index (χ0v) is 10.0. The van der Waals surface area contributed by atoms with Gasteiger partial charge < -0.3 is 5.11 Å². The van der Waals surface area contributed by atoms with Crippen molar-refractivity contribution in [2.45, 2.75) is 19.4 Å². The Labute approximate surface area is 109 Å². The molecular weight excluding hydrogens is 246 g/mol. The van der Waals surface area contributed by atoms with Crippen molar-refractivity contribution >= 4 is 17.6 Å². The van der Waals surface area contributed by atoms with Crippen LogP contribution in [0.25, 0.3) is 0 Å². The van der Waals surface area contributed by atoms with Crippen molar-refractivity contribution in [2.24, 2.45) is 5.10 Å². The minimum atomic E-state index is -1.10. The summed E-state index contributed by atoms with van der Waals surface area (Å²) in [5.74, 6) is -1.30. The lowest BCUT2D eigenvalue weighted by atomic mass is 10.1. The third kappa shape index (κ3) is 2.96. The van der Waals surface area contributed by atoms with Gasteiger partial charge in [0.1, 0.15) is 5.71 Å². The van der Waals surface area contributed by atoms with Gasteiger partial charge in [0.15, 0.2) is 0 Å². The van der Waals surface area contributed by atoms with Crippen LogP contribution in [0.3, 0.4) is 0 Å². The van der Waals surface area contributed by atoms with Gasteiger partial charge in [-0.3, -0.25) is 4.79 Å². The van der Waals surface area contributed by atoms with Gasteiger partial charge in [-0.1, -0.05) is 12.1 Å². The molecule has 1 amide bonds. The van der Waals surface area contributed by atoms with Gasteiger partial charge in [0.2, 0.25) is 5.91 Å². The van der Waals surface area contributed by atoms with E-state index >= 15 is 0 Å². The number of hydrogen-bond acceptors (Lipinski definition) is 4. The fourth-order valence-corrected chi connectivity index (χ4v) is 1.74. The van der Waals surface area contributed by atoms with E-state index in [4.69, 9.17) is 10.4 Å². The number of carboxylic acids is 1. The highest BCUT2D eigenvalue weighted by Crippen LogP contribution is 2.14. The molecule has 1 aliphatic heterocycles. The number of rotatable bonds is 3. The van der Waals surface area contributed by atoms with Crippen LogP contribution in [0.1, 0.15) is 24.0 Å². The Bertz CT molecular complexity index is 584. The molecule has 0 bridgehead atoms. The second-order valence-electron chi connectivity index (χ2n) is 4.11. The van der Waals surface area contributed by atoms with E-state index < -0.39 is 5.97 Å². The van der Waals surface area contributed by atoms with Crippen molar-refractivity contribution in [1.82, 2.24) is 5.01 Å². The highest BCUT2D eigenvalue weighted by Gasteiger charge is 2.23. The quantitative estimate of drug-likeness (QED) is 0.877. The predicted molar refractivity (Wildman–Crippen MR) is 66.0 cm³/mol. The molecule has 0 unspecified atom stereocenters. The Morgan fingerprint density at radius 2 is 2.05 bits per heavy atom. The minimum Gasteiger partial charge on any atom is -0.477 e. The molecule has 1 aromatic rings. The fourth-order valence-electron chi connectivity index (χ4n) is 1.74. The van der Waals surface area contributed by atoms with Crippen molar-refractivity contribution in [3.05, 3.63) is 35.4 Å². The van der Waals surface area contributed by atoms with E-state index in [1.54, 1.807) is 24.3 Å². The average molecular weight is 257 g/mol. The molecule has 0 spiro atoms. The summed E-state index contributed by atoms with van der Waals surface area (Å²) < 4.78 is 0. The van der Waals surface area contributed by atoms with Gasteiger partial charge in [0, 0.05) is 12.8 Å². The number of nitriles is 1. The van der Waals surface area contributed by atoms with Crippen LogP contribution in [0.5, 0.6) is 0 Å². The molecule has 96 valence electrons. The lowest BCUT2D eigenvalue weighted by molar-refractivity contribution is -0.133. The summed E-state index contributed by atoms with van der Waals surface area (Å²) in [6.45, 7) is 0.210. The first kappa shape index (κ1) is 12.8. The van der Waals surface area contributed by atoms with Gasteiger partial charge in [0.05, 0.1) is 18.2 Å². The largest absolute Gasteiger partial charge is 0.477 e. The molecule has 1 aromatic carbocycles. The van der Waals surface area contributed by atoms with Crippen molar-refractivity contribution in [2.75, 3.05) is 0 Å². The Kier molecular flexibility index (Phi) is 3.57. The van der Waals surface area contributed by atoms with E-state index in [0.717, 1.165) is 10.6 Å². The molecule has 0 fully saturated rings. The van der Waals surface area contributed by atoms with Crippen LogP contribution in [0, 0.1) is 11.3 Å². The monoisotopic (exact) mass is 257 g/mol. The number of hydrazone groups is 1. The molecule has 0 aromatic heterocycles. The van der Waals surface area contributed by atoms with Crippen LogP contribution in [-0.2, 0) is 16.1 Å². The molecule has 0 saturated heterocycles. The van der Waals surface area contributed by atoms with Gasteiger partial charge in [0.25, 0.3) is 0 Å². The number of carbonyl (C=O) groups is 2. The second-order valence-corrected chi connectivity index (χ2v) is 4.11. The smallest absolute Gasteiger partial charge is 0.352 e. The van der Waals surface area contributed by atoms with Crippen molar-refractivity contribution in [1.29, 1.82) is 5.26 Å². The van der Waals surface area contributed by atoms with E-state index in [0.29, 0.717) is 5.56 Å². The van der Waals surface area contributed by atoms with Crippen molar-refractivity contribution in [3.8, 4) is 6.07 Å². The zero-order valence-electron chi connectivity index (χ0n) is 10.0. The van der Waals surface area contributed by atoms with Crippen LogP contribution in [0.15, 0.2) is 29.4 Å². The van der Waals surface area contributed by atoms with Crippen LogP contribution >= 0.6 is 0 Å². The summed E-state index contributed by atoms with van der Waals surface area (Å²) in [6.07, 6.45) is 0.319. The van der Waals surface area contributed by atoms with Crippen LogP contribution < -0.4 is 0 Å². The number of amides is 1. The average Bonchev–Trinajstić information content (AvgIpc) is 2.42. The van der Waals surface area contributed by atoms with E-state index in [2.05, 4.69) is 5.10 Å². The highest BCUT2D eigenvalue weighted by molar-refractivity contribution is 6.36. The normalized spacial score (nSPS) is 14.8. The highest BCUT2D eigenvalue weighted by atomic mass is 16.4. The second kappa shape index (κ2) is 5.31. The number of aliphatic carboxylic acids is 1. The number of benzene rings is 1. The molecule has 0 atom stereocenters. The molecule has 19 heavy (non-hydrogen) atoms. The van der Waals surface area contributed by atoms with Crippen molar-refractivity contribution in [3.63, 3.8) is 0 Å². The molecule has 2 rings (SSSR count). The maximum Gasteiger partial charge on any atom is 0.352 e. The molecule has 6 heteroatoms. The zero-order chi connectivity index (χ0) is 13.8. The summed E-state index contributed by atoms with van der Waals surface area (Å²) in [7, 11) is 0. The Balaban J connectivity index is 2.16. The summed E-state index contributed by atoms with van der Waals surface area (Å²) in [5.41, 5.74) is 1.32. The topological polar surface area (TPSA) is 93.8 Å². The van der Waals surface area contributed by atoms with Gasteiger partial charge in [-0.05, 0) is 17.7 Å². The van der Waals surface area contributed by atoms with Gasteiger partial charge in [-0.25, -0.2) is 9.80 Å². The summed E-state index contributed by atoms with van der Waals surface area (Å²) in [6, 6.07) is 8.73. The van der Waals surface area contributed by atoms with E-state index in [1.165, 1.54) is 0 Å². The first-order chi connectivity index (χ1) is 9.10. The Morgan fingerprint density at radius 3 is 2.63 bits per heavy atom. The molecular formula is C13H11N3O3. The molecule has 1 aliphatic rings. The summed E-state index contributed by atoms with van der Waals surface area (Å²) in [4.78, 5) is 22.5. The fraction of sp³-hybridized carbons (Fsp3) is 0.231. The Hall–Kier alpha value is -2.68. The number of carboxylic acid groups (broad SMARTS) is 1. The molecule has 0 aliphatic carbocycles. The lowest BCUT2D eigenvalue weighted by Gasteiger charge is -2.22. The number of carbonyl (C=O) groups excluding carboxylic acids is 1. The molecule has 0 radical (unpaired) electrons. The predicted octanol–water partition coefficient (Wildman–Crippen LogP) is 1.12.